The number of nitrogens with one attached hydrogen (secondary N) is 1. The molecule has 0 atom stereocenters. The van der Waals surface area contributed by atoms with E-state index < -0.39 is 27.0 Å². The highest BCUT2D eigenvalue weighted by molar-refractivity contribution is 7.89. The molecule has 0 saturated carbocycles. The molecule has 1 N–H and O–H groups in total. The number of sulfonamides is 1. The third-order valence-corrected chi connectivity index (χ3v) is 6.47. The van der Waals surface area contributed by atoms with Gasteiger partial charge >= 0.3 is 0 Å². The Labute approximate surface area is 179 Å². The van der Waals surface area contributed by atoms with Crippen LogP contribution >= 0.6 is 23.2 Å². The van der Waals surface area contributed by atoms with E-state index in [-0.39, 0.29) is 28.0 Å². The van der Waals surface area contributed by atoms with E-state index in [1.54, 1.807) is 6.92 Å². The molecule has 0 saturated heterocycles. The van der Waals surface area contributed by atoms with Crippen LogP contribution in [-0.4, -0.2) is 47.0 Å². The van der Waals surface area contributed by atoms with Crippen molar-refractivity contribution < 1.29 is 13.2 Å². The van der Waals surface area contributed by atoms with Crippen molar-refractivity contribution in [2.75, 3.05) is 13.1 Å². The van der Waals surface area contributed by atoms with Crippen LogP contribution in [0.5, 0.6) is 0 Å². The first-order chi connectivity index (χ1) is 13.4. The molecule has 1 amide bonds. The van der Waals surface area contributed by atoms with Gasteiger partial charge in [-0.15, -0.1) is 0 Å². The van der Waals surface area contributed by atoms with E-state index in [0.29, 0.717) is 5.69 Å². The zero-order chi connectivity index (χ0) is 22.0. The van der Waals surface area contributed by atoms with E-state index in [4.69, 9.17) is 23.2 Å². The average Bonchev–Trinajstić information content (AvgIpc) is 2.63. The molecule has 0 aliphatic heterocycles. The maximum absolute atomic E-state index is 12.9. The monoisotopic (exact) mass is 460 g/mol. The second-order valence-electron chi connectivity index (χ2n) is 7.25. The molecule has 0 aliphatic carbocycles. The lowest BCUT2D eigenvalue weighted by Crippen LogP contribution is -2.47. The van der Waals surface area contributed by atoms with Crippen molar-refractivity contribution in [2.24, 2.45) is 0 Å². The van der Waals surface area contributed by atoms with Gasteiger partial charge in [0.15, 0.2) is 0 Å². The van der Waals surface area contributed by atoms with Crippen LogP contribution in [0.15, 0.2) is 40.2 Å². The fourth-order valence-corrected chi connectivity index (χ4v) is 4.15. The molecular weight excluding hydrogens is 439 g/mol. The van der Waals surface area contributed by atoms with Gasteiger partial charge in [0.2, 0.25) is 15.9 Å². The number of amides is 1. The standard InChI is InChI=1S/C18H22Cl2N4O4S/c1-5-23(11-15(25)22-18(2,3)4)29(27,28)13-8-6-12(7-9-13)24-17(26)16(20)14(19)10-21-24/h6-10H,5,11H2,1-4H3,(H,22,25). The number of carbonyl (C=O) groups is 1. The Kier molecular flexibility index (Phi) is 7.10. The van der Waals surface area contributed by atoms with Crippen molar-refractivity contribution in [3.63, 3.8) is 0 Å². The second-order valence-corrected chi connectivity index (χ2v) is 9.97. The number of aromatic nitrogens is 2. The summed E-state index contributed by atoms with van der Waals surface area (Å²) in [5, 5.41) is 6.49. The highest BCUT2D eigenvalue weighted by Crippen LogP contribution is 2.19. The van der Waals surface area contributed by atoms with Gasteiger partial charge in [-0.25, -0.2) is 8.42 Å². The molecule has 0 fully saturated rings. The van der Waals surface area contributed by atoms with E-state index in [2.05, 4.69) is 10.4 Å². The molecule has 29 heavy (non-hydrogen) atoms. The van der Waals surface area contributed by atoms with Crippen molar-refractivity contribution in [2.45, 2.75) is 38.1 Å². The summed E-state index contributed by atoms with van der Waals surface area (Å²) in [5.41, 5.74) is -0.771. The number of nitrogens with zero attached hydrogens (tertiary/aromatic N) is 3. The van der Waals surface area contributed by atoms with Crippen LogP contribution in [0, 0.1) is 0 Å². The SMILES string of the molecule is CCN(CC(=O)NC(C)(C)C)S(=O)(=O)c1ccc(-n2ncc(Cl)c(Cl)c2=O)cc1. The zero-order valence-electron chi connectivity index (χ0n) is 16.4. The van der Waals surface area contributed by atoms with Gasteiger partial charge in [-0.2, -0.15) is 14.1 Å². The van der Waals surface area contributed by atoms with Crippen LogP contribution in [0.25, 0.3) is 5.69 Å². The van der Waals surface area contributed by atoms with Crippen LogP contribution < -0.4 is 10.9 Å². The Morgan fingerprint density at radius 2 is 1.79 bits per heavy atom. The summed E-state index contributed by atoms with van der Waals surface area (Å²) in [6.45, 7) is 6.91. The quantitative estimate of drug-likeness (QED) is 0.712. The van der Waals surface area contributed by atoms with Crippen molar-refractivity contribution >= 4 is 39.1 Å². The lowest BCUT2D eigenvalue weighted by atomic mass is 10.1. The molecule has 0 spiro atoms. The number of hydrogen-bond donors (Lipinski definition) is 1. The first-order valence-electron chi connectivity index (χ1n) is 8.71. The fraction of sp³-hybridized carbons (Fsp3) is 0.389. The average molecular weight is 461 g/mol. The minimum Gasteiger partial charge on any atom is -0.350 e. The van der Waals surface area contributed by atoms with Gasteiger partial charge in [-0.05, 0) is 45.0 Å². The Morgan fingerprint density at radius 1 is 1.21 bits per heavy atom. The van der Waals surface area contributed by atoms with Crippen LogP contribution in [0.1, 0.15) is 27.7 Å². The lowest BCUT2D eigenvalue weighted by molar-refractivity contribution is -0.122. The third kappa shape index (κ3) is 5.57. The van der Waals surface area contributed by atoms with Crippen molar-refractivity contribution in [1.29, 1.82) is 0 Å². The number of rotatable bonds is 6. The van der Waals surface area contributed by atoms with Crippen molar-refractivity contribution in [3.8, 4) is 5.69 Å². The van der Waals surface area contributed by atoms with E-state index in [1.807, 2.05) is 20.8 Å². The first kappa shape index (κ1) is 23.3. The lowest BCUT2D eigenvalue weighted by Gasteiger charge is -2.24. The van der Waals surface area contributed by atoms with Crippen LogP contribution in [-0.2, 0) is 14.8 Å². The summed E-state index contributed by atoms with van der Waals surface area (Å²) in [5.74, 6) is -0.397. The number of likely N-dealkylation sites (N-methyl/N-ethyl adjacent to an activating group) is 1. The molecular formula is C18H22Cl2N4O4S. The van der Waals surface area contributed by atoms with Gasteiger partial charge in [0, 0.05) is 12.1 Å². The molecule has 2 aromatic rings. The Morgan fingerprint density at radius 3 is 2.31 bits per heavy atom. The number of carbonyl (C=O) groups excluding carboxylic acids is 1. The Hall–Kier alpha value is -1.94. The minimum atomic E-state index is -3.91. The van der Waals surface area contributed by atoms with Crippen molar-refractivity contribution in [3.05, 3.63) is 50.9 Å². The maximum atomic E-state index is 12.9. The van der Waals surface area contributed by atoms with Crippen LogP contribution in [0.3, 0.4) is 0 Å². The maximum Gasteiger partial charge on any atom is 0.291 e. The van der Waals surface area contributed by atoms with E-state index in [9.17, 15) is 18.0 Å². The molecule has 8 nitrogen and oxygen atoms in total. The summed E-state index contributed by atoms with van der Waals surface area (Å²) in [6, 6.07) is 5.53. The number of hydrogen-bond acceptors (Lipinski definition) is 5. The van der Waals surface area contributed by atoms with Crippen LogP contribution in [0.2, 0.25) is 10.0 Å². The Balaban J connectivity index is 2.30. The predicted octanol–water partition coefficient (Wildman–Crippen LogP) is 2.46. The summed E-state index contributed by atoms with van der Waals surface area (Å²) < 4.78 is 27.9. The minimum absolute atomic E-state index is 0.0141. The molecule has 0 aliphatic rings. The molecule has 158 valence electrons. The summed E-state index contributed by atoms with van der Waals surface area (Å²) >= 11 is 11.6. The molecule has 1 aromatic carbocycles. The largest absolute Gasteiger partial charge is 0.350 e. The highest BCUT2D eigenvalue weighted by atomic mass is 35.5. The zero-order valence-corrected chi connectivity index (χ0v) is 18.8. The van der Waals surface area contributed by atoms with Gasteiger partial charge in [0.05, 0.1) is 28.3 Å². The molecule has 2 rings (SSSR count). The van der Waals surface area contributed by atoms with Gasteiger partial charge in [-0.1, -0.05) is 30.1 Å². The van der Waals surface area contributed by atoms with Gasteiger partial charge < -0.3 is 5.32 Å². The molecule has 0 unspecified atom stereocenters. The molecule has 0 radical (unpaired) electrons. The fourth-order valence-electron chi connectivity index (χ4n) is 2.49. The molecule has 1 aromatic heterocycles. The first-order valence-corrected chi connectivity index (χ1v) is 10.9. The molecule has 1 heterocycles. The van der Waals surface area contributed by atoms with E-state index in [1.165, 1.54) is 30.5 Å². The predicted molar refractivity (Wildman–Crippen MR) is 112 cm³/mol. The van der Waals surface area contributed by atoms with Gasteiger partial charge in [0.1, 0.15) is 5.02 Å². The van der Waals surface area contributed by atoms with Gasteiger partial charge in [0.25, 0.3) is 5.56 Å². The molecule has 0 bridgehead atoms. The summed E-state index contributed by atoms with van der Waals surface area (Å²) in [6.07, 6.45) is 1.22. The summed E-state index contributed by atoms with van der Waals surface area (Å²) in [7, 11) is -3.91. The third-order valence-electron chi connectivity index (χ3n) is 3.78. The number of benzene rings is 1. The Bertz CT molecular complexity index is 1060. The molecule has 11 heteroatoms. The smallest absolute Gasteiger partial charge is 0.291 e. The van der Waals surface area contributed by atoms with Crippen LogP contribution in [0.4, 0.5) is 0 Å². The normalized spacial score (nSPS) is 12.2. The summed E-state index contributed by atoms with van der Waals surface area (Å²) in [4.78, 5) is 24.3. The highest BCUT2D eigenvalue weighted by Gasteiger charge is 2.26. The van der Waals surface area contributed by atoms with E-state index in [0.717, 1.165) is 8.99 Å². The van der Waals surface area contributed by atoms with Crippen molar-refractivity contribution in [1.82, 2.24) is 19.4 Å². The topological polar surface area (TPSA) is 101 Å². The van der Waals surface area contributed by atoms with E-state index >= 15 is 0 Å². The van der Waals surface area contributed by atoms with Gasteiger partial charge in [-0.3, -0.25) is 9.59 Å². The second kappa shape index (κ2) is 8.83. The number of halogens is 2.